The van der Waals surface area contributed by atoms with Gasteiger partial charge >= 0.3 is 6.09 Å². The quantitative estimate of drug-likeness (QED) is 0.832. The van der Waals surface area contributed by atoms with Crippen LogP contribution in [0.5, 0.6) is 0 Å². The van der Waals surface area contributed by atoms with Crippen molar-refractivity contribution < 1.29 is 14.3 Å². The minimum atomic E-state index is -0.542. The zero-order chi connectivity index (χ0) is 14.2. The van der Waals surface area contributed by atoms with E-state index < -0.39 is 17.7 Å². The molecule has 2 aliphatic rings. The first kappa shape index (κ1) is 14.2. The van der Waals surface area contributed by atoms with Crippen molar-refractivity contribution in [1.82, 2.24) is 10.2 Å². The van der Waals surface area contributed by atoms with Crippen LogP contribution in [0.1, 0.15) is 47.0 Å². The molecule has 1 saturated heterocycles. The van der Waals surface area contributed by atoms with E-state index in [4.69, 9.17) is 4.74 Å². The van der Waals surface area contributed by atoms with Crippen molar-refractivity contribution in [2.45, 2.75) is 64.6 Å². The minimum absolute atomic E-state index is 0.0121. The van der Waals surface area contributed by atoms with Crippen LogP contribution in [0.3, 0.4) is 0 Å². The number of ether oxygens (including phenoxy) is 1. The summed E-state index contributed by atoms with van der Waals surface area (Å²) in [5, 5.41) is 2.62. The molecule has 2 rings (SSSR count). The van der Waals surface area contributed by atoms with E-state index in [-0.39, 0.29) is 5.91 Å². The van der Waals surface area contributed by atoms with E-state index in [0.29, 0.717) is 12.0 Å². The second kappa shape index (κ2) is 5.02. The summed E-state index contributed by atoms with van der Waals surface area (Å²) in [6.45, 7) is 7.98. The number of alkyl carbamates (subject to hydrolysis) is 1. The van der Waals surface area contributed by atoms with Crippen molar-refractivity contribution in [3.8, 4) is 0 Å². The van der Waals surface area contributed by atoms with Crippen molar-refractivity contribution in [2.24, 2.45) is 5.92 Å². The fourth-order valence-corrected chi connectivity index (χ4v) is 2.99. The Bertz CT molecular complexity index is 375. The Morgan fingerprint density at radius 1 is 1.32 bits per heavy atom. The summed E-state index contributed by atoms with van der Waals surface area (Å²) >= 11 is 0. The van der Waals surface area contributed by atoms with Crippen LogP contribution >= 0.6 is 0 Å². The van der Waals surface area contributed by atoms with Crippen LogP contribution in [0, 0.1) is 5.92 Å². The Morgan fingerprint density at radius 2 is 2.00 bits per heavy atom. The molecule has 0 aromatic carbocycles. The summed E-state index contributed by atoms with van der Waals surface area (Å²) < 4.78 is 5.16. The highest BCUT2D eigenvalue weighted by molar-refractivity contribution is 5.85. The SMILES string of the molecule is CC(NC(=O)OC(C)(C)C)C(=O)N1CC2CCC1C2. The highest BCUT2D eigenvalue weighted by atomic mass is 16.6. The van der Waals surface area contributed by atoms with Crippen molar-refractivity contribution in [1.29, 1.82) is 0 Å². The molecule has 108 valence electrons. The molecule has 5 heteroatoms. The van der Waals surface area contributed by atoms with Crippen molar-refractivity contribution in [3.63, 3.8) is 0 Å². The maximum atomic E-state index is 12.3. The number of hydrogen-bond acceptors (Lipinski definition) is 3. The molecular weight excluding hydrogens is 244 g/mol. The number of piperidine rings is 1. The molecule has 1 N–H and O–H groups in total. The Morgan fingerprint density at radius 3 is 2.47 bits per heavy atom. The van der Waals surface area contributed by atoms with Gasteiger partial charge in [0.25, 0.3) is 0 Å². The van der Waals surface area contributed by atoms with Gasteiger partial charge in [-0.05, 0) is 52.9 Å². The van der Waals surface area contributed by atoms with Crippen LogP contribution in [0.2, 0.25) is 0 Å². The van der Waals surface area contributed by atoms with E-state index >= 15 is 0 Å². The standard InChI is InChI=1S/C14H24N2O3/c1-9(15-13(18)19-14(2,3)4)12(17)16-8-10-5-6-11(16)7-10/h9-11H,5-8H2,1-4H3,(H,15,18). The number of nitrogens with zero attached hydrogens (tertiary/aromatic N) is 1. The number of nitrogens with one attached hydrogen (secondary N) is 1. The maximum absolute atomic E-state index is 12.3. The summed E-state index contributed by atoms with van der Waals surface area (Å²) in [5.74, 6) is 0.681. The largest absolute Gasteiger partial charge is 0.444 e. The van der Waals surface area contributed by atoms with Crippen LogP contribution in [-0.4, -0.2) is 41.1 Å². The molecule has 1 heterocycles. The van der Waals surface area contributed by atoms with Gasteiger partial charge in [-0.3, -0.25) is 4.79 Å². The second-order valence-corrected chi connectivity index (χ2v) is 6.69. The molecular formula is C14H24N2O3. The first-order chi connectivity index (χ1) is 8.76. The third-order valence-electron chi connectivity index (χ3n) is 3.80. The number of fused-ring (bicyclic) bond motifs is 2. The molecule has 2 bridgehead atoms. The predicted molar refractivity (Wildman–Crippen MR) is 71.7 cm³/mol. The molecule has 0 aromatic heterocycles. The topological polar surface area (TPSA) is 58.6 Å². The van der Waals surface area contributed by atoms with Gasteiger partial charge in [-0.25, -0.2) is 4.79 Å². The molecule has 1 aliphatic heterocycles. The van der Waals surface area contributed by atoms with Gasteiger partial charge < -0.3 is 15.0 Å². The molecule has 3 atom stereocenters. The first-order valence-electron chi connectivity index (χ1n) is 7.06. The first-order valence-corrected chi connectivity index (χ1v) is 7.06. The van der Waals surface area contributed by atoms with Crippen molar-refractivity contribution in [2.75, 3.05) is 6.54 Å². The summed E-state index contributed by atoms with van der Waals surface area (Å²) in [6.07, 6.45) is 2.95. The Hall–Kier alpha value is -1.26. The summed E-state index contributed by atoms with van der Waals surface area (Å²) in [6, 6.07) is -0.130. The van der Waals surface area contributed by atoms with Crippen LogP contribution in [0.15, 0.2) is 0 Å². The van der Waals surface area contributed by atoms with Gasteiger partial charge in [0.2, 0.25) is 5.91 Å². The predicted octanol–water partition coefficient (Wildman–Crippen LogP) is 1.91. The van der Waals surface area contributed by atoms with E-state index in [1.165, 1.54) is 6.42 Å². The van der Waals surface area contributed by atoms with Gasteiger partial charge in [0, 0.05) is 12.6 Å². The smallest absolute Gasteiger partial charge is 0.408 e. The van der Waals surface area contributed by atoms with E-state index in [9.17, 15) is 9.59 Å². The summed E-state index contributed by atoms with van der Waals surface area (Å²) in [7, 11) is 0. The molecule has 1 aliphatic carbocycles. The number of carbonyl (C=O) groups excluding carboxylic acids is 2. The van der Waals surface area contributed by atoms with Crippen LogP contribution in [0.4, 0.5) is 4.79 Å². The highest BCUT2D eigenvalue weighted by Gasteiger charge is 2.41. The number of rotatable bonds is 2. The van der Waals surface area contributed by atoms with E-state index in [1.54, 1.807) is 27.7 Å². The molecule has 2 amide bonds. The van der Waals surface area contributed by atoms with Crippen LogP contribution < -0.4 is 5.32 Å². The molecule has 5 nitrogen and oxygen atoms in total. The highest BCUT2D eigenvalue weighted by Crippen LogP contribution is 2.37. The number of amides is 2. The number of hydrogen-bond donors (Lipinski definition) is 1. The van der Waals surface area contributed by atoms with E-state index in [0.717, 1.165) is 19.4 Å². The maximum Gasteiger partial charge on any atom is 0.408 e. The zero-order valence-corrected chi connectivity index (χ0v) is 12.2. The van der Waals surface area contributed by atoms with Gasteiger partial charge in [-0.1, -0.05) is 0 Å². The Labute approximate surface area is 114 Å². The zero-order valence-electron chi connectivity index (χ0n) is 12.2. The average molecular weight is 268 g/mol. The van der Waals surface area contributed by atoms with Gasteiger partial charge in [0.05, 0.1) is 0 Å². The van der Waals surface area contributed by atoms with Crippen molar-refractivity contribution in [3.05, 3.63) is 0 Å². The number of carbonyl (C=O) groups is 2. The van der Waals surface area contributed by atoms with Gasteiger partial charge in [0.1, 0.15) is 11.6 Å². The molecule has 3 unspecified atom stereocenters. The normalized spacial score (nSPS) is 27.3. The molecule has 0 spiro atoms. The molecule has 0 aromatic rings. The van der Waals surface area contributed by atoms with Crippen LogP contribution in [0.25, 0.3) is 0 Å². The molecule has 2 fully saturated rings. The molecule has 0 radical (unpaired) electrons. The Balaban J connectivity index is 1.84. The fourth-order valence-electron chi connectivity index (χ4n) is 2.99. The lowest BCUT2D eigenvalue weighted by atomic mass is 10.1. The minimum Gasteiger partial charge on any atom is -0.444 e. The van der Waals surface area contributed by atoms with Crippen molar-refractivity contribution >= 4 is 12.0 Å². The third-order valence-corrected chi connectivity index (χ3v) is 3.80. The van der Waals surface area contributed by atoms with Gasteiger partial charge in [-0.2, -0.15) is 0 Å². The fraction of sp³-hybridized carbons (Fsp3) is 0.857. The van der Waals surface area contributed by atoms with Gasteiger partial charge in [0.15, 0.2) is 0 Å². The number of likely N-dealkylation sites (tertiary alicyclic amines) is 1. The lowest BCUT2D eigenvalue weighted by Crippen LogP contribution is -2.50. The van der Waals surface area contributed by atoms with E-state index in [2.05, 4.69) is 5.32 Å². The molecule has 1 saturated carbocycles. The second-order valence-electron chi connectivity index (χ2n) is 6.69. The van der Waals surface area contributed by atoms with Crippen LogP contribution in [-0.2, 0) is 9.53 Å². The molecule has 19 heavy (non-hydrogen) atoms. The monoisotopic (exact) mass is 268 g/mol. The Kier molecular flexibility index (Phi) is 3.74. The van der Waals surface area contributed by atoms with Gasteiger partial charge in [-0.15, -0.1) is 0 Å². The third kappa shape index (κ3) is 3.39. The lowest BCUT2D eigenvalue weighted by Gasteiger charge is -2.30. The summed E-state index contributed by atoms with van der Waals surface area (Å²) in [4.78, 5) is 25.9. The average Bonchev–Trinajstić information content (AvgIpc) is 2.86. The van der Waals surface area contributed by atoms with E-state index in [1.807, 2.05) is 4.90 Å². The lowest BCUT2D eigenvalue weighted by molar-refractivity contribution is -0.134. The summed E-state index contributed by atoms with van der Waals surface area (Å²) in [5.41, 5.74) is -0.542.